The van der Waals surface area contributed by atoms with E-state index < -0.39 is 12.6 Å². The number of aryl methyl sites for hydroxylation is 1. The van der Waals surface area contributed by atoms with E-state index in [0.717, 1.165) is 17.8 Å². The summed E-state index contributed by atoms with van der Waals surface area (Å²) in [5.74, 6) is 0.0557. The van der Waals surface area contributed by atoms with Gasteiger partial charge in [-0.2, -0.15) is 13.2 Å². The lowest BCUT2D eigenvalue weighted by Crippen LogP contribution is -2.17. The Morgan fingerprint density at radius 2 is 2.06 bits per heavy atom. The molecule has 0 aromatic carbocycles. The van der Waals surface area contributed by atoms with Crippen LogP contribution in [-0.2, 0) is 13.0 Å². The summed E-state index contributed by atoms with van der Waals surface area (Å²) in [5, 5.41) is 0. The number of Topliss-reactive ketones (excluding diaryl/α,β-unsaturated/α-hetero) is 1. The summed E-state index contributed by atoms with van der Waals surface area (Å²) in [4.78, 5) is 11.6. The fraction of sp³-hybridized carbons (Fsp3) is 0.583. The summed E-state index contributed by atoms with van der Waals surface area (Å²) < 4.78 is 38.3. The molecule has 0 N–H and O–H groups in total. The number of carbonyl (C=O) groups excluding carboxylic acids is 1. The maximum absolute atomic E-state index is 12.2. The van der Waals surface area contributed by atoms with Crippen LogP contribution in [0.25, 0.3) is 0 Å². The van der Waals surface area contributed by atoms with Crippen LogP contribution in [0.15, 0.2) is 6.07 Å². The molecule has 0 bridgehead atoms. The van der Waals surface area contributed by atoms with E-state index in [1.807, 2.05) is 0 Å². The molecule has 0 aliphatic heterocycles. The Balaban J connectivity index is 2.26. The van der Waals surface area contributed by atoms with Gasteiger partial charge in [-0.15, -0.1) is 0 Å². The molecule has 1 aromatic heterocycles. The van der Waals surface area contributed by atoms with Crippen LogP contribution >= 0.6 is 0 Å². The fourth-order valence-electron chi connectivity index (χ4n) is 2.34. The molecule has 1 heterocycles. The lowest BCUT2D eigenvalue weighted by atomic mass is 9.96. The highest BCUT2D eigenvalue weighted by Gasteiger charge is 2.29. The fourth-order valence-corrected chi connectivity index (χ4v) is 2.34. The van der Waals surface area contributed by atoms with Gasteiger partial charge in [0.1, 0.15) is 0 Å². The number of rotatable bonds is 2. The normalized spacial score (nSPS) is 16.1. The van der Waals surface area contributed by atoms with E-state index >= 15 is 0 Å². The number of aromatic nitrogens is 1. The smallest absolute Gasteiger partial charge is 0.348 e. The number of hydrogen-bond acceptors (Lipinski definition) is 1. The molecule has 94 valence electrons. The van der Waals surface area contributed by atoms with Gasteiger partial charge >= 0.3 is 6.18 Å². The molecule has 0 saturated heterocycles. The third kappa shape index (κ3) is 2.53. The van der Waals surface area contributed by atoms with Gasteiger partial charge in [-0.25, -0.2) is 0 Å². The highest BCUT2D eigenvalue weighted by Crippen LogP contribution is 2.27. The Kier molecular flexibility index (Phi) is 3.02. The summed E-state index contributed by atoms with van der Waals surface area (Å²) in [6.07, 6.45) is -3.05. The number of alkyl halides is 3. The molecule has 1 aromatic rings. The average molecular weight is 245 g/mol. The van der Waals surface area contributed by atoms with E-state index in [0.29, 0.717) is 18.4 Å². The molecular formula is C12H14F3NO. The maximum atomic E-state index is 12.2. The number of hydrogen-bond donors (Lipinski definition) is 0. The third-order valence-corrected chi connectivity index (χ3v) is 3.15. The minimum absolute atomic E-state index is 0.0557. The molecule has 0 saturated carbocycles. The predicted molar refractivity (Wildman–Crippen MR) is 57.1 cm³/mol. The zero-order valence-corrected chi connectivity index (χ0v) is 9.60. The van der Waals surface area contributed by atoms with Crippen molar-refractivity contribution in [1.82, 2.24) is 4.57 Å². The second-order valence-electron chi connectivity index (χ2n) is 4.44. The zero-order valence-electron chi connectivity index (χ0n) is 9.60. The van der Waals surface area contributed by atoms with E-state index in [4.69, 9.17) is 0 Å². The number of nitrogens with zero attached hydrogens (tertiary/aromatic N) is 1. The van der Waals surface area contributed by atoms with Crippen LogP contribution in [0.5, 0.6) is 0 Å². The molecule has 2 rings (SSSR count). The van der Waals surface area contributed by atoms with Crippen LogP contribution in [0.2, 0.25) is 0 Å². The van der Waals surface area contributed by atoms with Gasteiger partial charge in [0.25, 0.3) is 0 Å². The summed E-state index contributed by atoms with van der Waals surface area (Å²) in [5.41, 5.74) is 2.15. The lowest BCUT2D eigenvalue weighted by molar-refractivity contribution is -0.136. The first kappa shape index (κ1) is 12.2. The summed E-state index contributed by atoms with van der Waals surface area (Å²) in [6, 6.07) is 1.72. The van der Waals surface area contributed by atoms with Crippen molar-refractivity contribution in [2.45, 2.75) is 45.3 Å². The molecule has 1 aliphatic carbocycles. The van der Waals surface area contributed by atoms with Crippen LogP contribution in [0.1, 0.15) is 41.0 Å². The predicted octanol–water partition coefficient (Wildman–Crippen LogP) is 3.27. The third-order valence-electron chi connectivity index (χ3n) is 3.15. The molecule has 0 unspecified atom stereocenters. The molecule has 1 aliphatic rings. The van der Waals surface area contributed by atoms with Crippen molar-refractivity contribution in [2.75, 3.05) is 0 Å². The number of halogens is 3. The topological polar surface area (TPSA) is 22.0 Å². The van der Waals surface area contributed by atoms with Crippen molar-refractivity contribution in [1.29, 1.82) is 0 Å². The molecule has 2 nitrogen and oxygen atoms in total. The van der Waals surface area contributed by atoms with Crippen molar-refractivity contribution in [3.8, 4) is 0 Å². The van der Waals surface area contributed by atoms with Crippen molar-refractivity contribution >= 4 is 5.78 Å². The van der Waals surface area contributed by atoms with Gasteiger partial charge in [0.15, 0.2) is 5.78 Å². The maximum Gasteiger partial charge on any atom is 0.390 e. The van der Waals surface area contributed by atoms with E-state index in [9.17, 15) is 18.0 Å². The van der Waals surface area contributed by atoms with Crippen molar-refractivity contribution in [2.24, 2.45) is 0 Å². The number of fused-ring (bicyclic) bond motifs is 1. The Bertz CT molecular complexity index is 445. The number of carbonyl (C=O) groups is 1. The first-order valence-corrected chi connectivity index (χ1v) is 5.67. The Morgan fingerprint density at radius 1 is 1.35 bits per heavy atom. The molecule has 0 atom stereocenters. The largest absolute Gasteiger partial charge is 0.390 e. The highest BCUT2D eigenvalue weighted by molar-refractivity contribution is 5.98. The van der Waals surface area contributed by atoms with E-state index in [1.165, 1.54) is 0 Å². The van der Waals surface area contributed by atoms with E-state index in [2.05, 4.69) is 0 Å². The Hall–Kier alpha value is -1.26. The van der Waals surface area contributed by atoms with Gasteiger partial charge in [0.05, 0.1) is 6.42 Å². The van der Waals surface area contributed by atoms with Crippen LogP contribution in [0.4, 0.5) is 13.2 Å². The molecule has 5 heteroatoms. The zero-order chi connectivity index (χ0) is 12.6. The first-order valence-electron chi connectivity index (χ1n) is 5.67. The minimum Gasteiger partial charge on any atom is -0.348 e. The molecule has 0 radical (unpaired) electrons. The quantitative estimate of drug-likeness (QED) is 0.783. The van der Waals surface area contributed by atoms with Gasteiger partial charge in [-0.3, -0.25) is 4.79 Å². The van der Waals surface area contributed by atoms with Gasteiger partial charge in [0, 0.05) is 29.9 Å². The van der Waals surface area contributed by atoms with Crippen molar-refractivity contribution in [3.05, 3.63) is 23.0 Å². The van der Waals surface area contributed by atoms with Crippen LogP contribution in [0.3, 0.4) is 0 Å². The summed E-state index contributed by atoms with van der Waals surface area (Å²) in [7, 11) is 0. The molecular weight excluding hydrogens is 231 g/mol. The first-order chi connectivity index (χ1) is 7.88. The van der Waals surface area contributed by atoms with Crippen LogP contribution in [-0.4, -0.2) is 16.5 Å². The molecule has 0 amide bonds. The van der Waals surface area contributed by atoms with E-state index in [-0.39, 0.29) is 12.3 Å². The van der Waals surface area contributed by atoms with Gasteiger partial charge in [-0.05, 0) is 25.8 Å². The van der Waals surface area contributed by atoms with Gasteiger partial charge in [0.2, 0.25) is 0 Å². The summed E-state index contributed by atoms with van der Waals surface area (Å²) >= 11 is 0. The Morgan fingerprint density at radius 3 is 2.71 bits per heavy atom. The van der Waals surface area contributed by atoms with Crippen molar-refractivity contribution in [3.63, 3.8) is 0 Å². The van der Waals surface area contributed by atoms with Gasteiger partial charge in [-0.1, -0.05) is 0 Å². The van der Waals surface area contributed by atoms with Crippen LogP contribution in [0, 0.1) is 6.92 Å². The molecule has 17 heavy (non-hydrogen) atoms. The molecule has 0 spiro atoms. The van der Waals surface area contributed by atoms with E-state index in [1.54, 1.807) is 17.6 Å². The van der Waals surface area contributed by atoms with Crippen molar-refractivity contribution < 1.29 is 18.0 Å². The average Bonchev–Trinajstić information content (AvgIpc) is 2.52. The SMILES string of the molecule is Cc1cc2c(n1CCC(F)(F)F)CCCC2=O. The standard InChI is InChI=1S/C12H14F3NO/c1-8-7-9-10(3-2-4-11(9)17)16(8)6-5-12(13,14)15/h7H,2-6H2,1H3. The van der Waals surface area contributed by atoms with Gasteiger partial charge < -0.3 is 4.57 Å². The second-order valence-corrected chi connectivity index (χ2v) is 4.44. The van der Waals surface area contributed by atoms with Crippen LogP contribution < -0.4 is 0 Å². The molecule has 0 fully saturated rings. The lowest BCUT2D eigenvalue weighted by Gasteiger charge is -2.16. The Labute approximate surface area is 97.4 Å². The minimum atomic E-state index is -4.15. The summed E-state index contributed by atoms with van der Waals surface area (Å²) in [6.45, 7) is 1.67. The highest BCUT2D eigenvalue weighted by atomic mass is 19.4. The number of ketones is 1. The second kappa shape index (κ2) is 4.20. The monoisotopic (exact) mass is 245 g/mol.